The maximum atomic E-state index is 6.23. The Bertz CT molecular complexity index is 405. The Morgan fingerprint density at radius 3 is 2.72 bits per heavy atom. The van der Waals surface area contributed by atoms with Crippen LogP contribution in [0.25, 0.3) is 0 Å². The highest BCUT2D eigenvalue weighted by atomic mass is 35.5. The average molecular weight is 269 g/mol. The van der Waals surface area contributed by atoms with E-state index in [0.717, 1.165) is 48.2 Å². The predicted octanol–water partition coefficient (Wildman–Crippen LogP) is 2.52. The second kappa shape index (κ2) is 5.91. The second-order valence-corrected chi connectivity index (χ2v) is 5.66. The van der Waals surface area contributed by atoms with E-state index in [2.05, 4.69) is 11.9 Å². The lowest BCUT2D eigenvalue weighted by atomic mass is 9.80. The van der Waals surface area contributed by atoms with Gasteiger partial charge < -0.3 is 15.4 Å². The van der Waals surface area contributed by atoms with Crippen molar-refractivity contribution in [1.29, 1.82) is 0 Å². The number of halogens is 1. The summed E-state index contributed by atoms with van der Waals surface area (Å²) in [5, 5.41) is 0.770. The van der Waals surface area contributed by atoms with E-state index in [-0.39, 0.29) is 0 Å². The van der Waals surface area contributed by atoms with Gasteiger partial charge in [-0.1, -0.05) is 17.7 Å². The summed E-state index contributed by atoms with van der Waals surface area (Å²) in [7, 11) is 3.78. The number of nitrogens with zero attached hydrogens (tertiary/aromatic N) is 1. The predicted molar refractivity (Wildman–Crippen MR) is 75.0 cm³/mol. The summed E-state index contributed by atoms with van der Waals surface area (Å²) in [6.45, 7) is 1.96. The average Bonchev–Trinajstić information content (AvgIpc) is 2.30. The van der Waals surface area contributed by atoms with E-state index in [4.69, 9.17) is 22.1 Å². The summed E-state index contributed by atoms with van der Waals surface area (Å²) in [4.78, 5) is 2.31. The van der Waals surface area contributed by atoms with Crippen molar-refractivity contribution in [2.45, 2.75) is 25.4 Å². The molecule has 0 radical (unpaired) electrons. The van der Waals surface area contributed by atoms with Crippen molar-refractivity contribution in [2.75, 3.05) is 20.7 Å². The van der Waals surface area contributed by atoms with Crippen LogP contribution in [0.3, 0.4) is 0 Å². The first-order valence-electron chi connectivity index (χ1n) is 6.35. The number of hydrogen-bond donors (Lipinski definition) is 1. The third-order valence-corrected chi connectivity index (χ3v) is 3.89. The van der Waals surface area contributed by atoms with Gasteiger partial charge in [0.25, 0.3) is 0 Å². The molecule has 3 nitrogen and oxygen atoms in total. The van der Waals surface area contributed by atoms with Gasteiger partial charge in [-0.25, -0.2) is 0 Å². The van der Waals surface area contributed by atoms with E-state index in [1.807, 2.05) is 18.2 Å². The molecule has 18 heavy (non-hydrogen) atoms. The van der Waals surface area contributed by atoms with Crippen LogP contribution >= 0.6 is 11.6 Å². The van der Waals surface area contributed by atoms with Crippen LogP contribution in [0.4, 0.5) is 0 Å². The van der Waals surface area contributed by atoms with Crippen LogP contribution in [0.1, 0.15) is 18.4 Å². The van der Waals surface area contributed by atoms with E-state index in [0.29, 0.717) is 6.04 Å². The topological polar surface area (TPSA) is 38.5 Å². The summed E-state index contributed by atoms with van der Waals surface area (Å²) in [6.07, 6.45) is 2.31. The van der Waals surface area contributed by atoms with Crippen LogP contribution in [0.5, 0.6) is 5.75 Å². The highest BCUT2D eigenvalue weighted by molar-refractivity contribution is 6.31. The molecule has 0 aliphatic heterocycles. The minimum absolute atomic E-state index is 0.424. The van der Waals surface area contributed by atoms with Crippen molar-refractivity contribution in [3.05, 3.63) is 28.8 Å². The molecule has 0 spiro atoms. The molecular weight excluding hydrogens is 248 g/mol. The molecule has 0 amide bonds. The molecule has 1 aromatic rings. The molecule has 1 aliphatic carbocycles. The summed E-state index contributed by atoms with van der Waals surface area (Å²) < 4.78 is 5.15. The number of benzene rings is 1. The number of rotatable bonds is 5. The van der Waals surface area contributed by atoms with Gasteiger partial charge in [-0.3, -0.25) is 0 Å². The largest absolute Gasteiger partial charge is 0.497 e. The monoisotopic (exact) mass is 268 g/mol. The summed E-state index contributed by atoms with van der Waals surface area (Å²) in [6, 6.07) is 6.27. The molecule has 0 atom stereocenters. The van der Waals surface area contributed by atoms with E-state index < -0.39 is 0 Å². The lowest BCUT2D eigenvalue weighted by molar-refractivity contribution is 0.178. The first kappa shape index (κ1) is 13.7. The van der Waals surface area contributed by atoms with Gasteiger partial charge in [-0.15, -0.1) is 0 Å². The number of hydrogen-bond acceptors (Lipinski definition) is 3. The molecule has 1 fully saturated rings. The first-order valence-corrected chi connectivity index (χ1v) is 6.73. The summed E-state index contributed by atoms with van der Waals surface area (Å²) in [5.41, 5.74) is 6.94. The molecule has 1 aromatic carbocycles. The quantitative estimate of drug-likeness (QED) is 0.892. The molecule has 4 heteroatoms. The minimum atomic E-state index is 0.424. The molecule has 0 heterocycles. The summed E-state index contributed by atoms with van der Waals surface area (Å²) >= 11 is 6.23. The third-order valence-electron chi connectivity index (χ3n) is 3.54. The molecule has 0 saturated heterocycles. The number of methoxy groups -OCH3 is 1. The van der Waals surface area contributed by atoms with Gasteiger partial charge in [0, 0.05) is 24.2 Å². The zero-order chi connectivity index (χ0) is 13.1. The number of ether oxygens (including phenoxy) is 1. The highest BCUT2D eigenvalue weighted by Gasteiger charge is 2.26. The van der Waals surface area contributed by atoms with Gasteiger partial charge in [0.15, 0.2) is 0 Å². The lowest BCUT2D eigenvalue weighted by Crippen LogP contribution is -2.41. The molecule has 100 valence electrons. The Balaban J connectivity index is 1.88. The van der Waals surface area contributed by atoms with Crippen molar-refractivity contribution in [2.24, 2.45) is 11.7 Å². The third kappa shape index (κ3) is 3.37. The maximum absolute atomic E-state index is 6.23. The van der Waals surface area contributed by atoms with Gasteiger partial charge in [-0.2, -0.15) is 0 Å². The van der Waals surface area contributed by atoms with E-state index in [1.54, 1.807) is 7.11 Å². The van der Waals surface area contributed by atoms with Crippen LogP contribution in [-0.4, -0.2) is 31.6 Å². The summed E-state index contributed by atoms with van der Waals surface area (Å²) in [5.74, 6) is 1.55. The smallest absolute Gasteiger partial charge is 0.120 e. The lowest BCUT2D eigenvalue weighted by Gasteiger charge is -2.35. The van der Waals surface area contributed by atoms with Crippen LogP contribution in [0.2, 0.25) is 5.02 Å². The van der Waals surface area contributed by atoms with Crippen molar-refractivity contribution >= 4 is 11.6 Å². The molecule has 2 N–H and O–H groups in total. The fourth-order valence-electron chi connectivity index (χ4n) is 2.52. The van der Waals surface area contributed by atoms with E-state index >= 15 is 0 Å². The molecular formula is C14H21ClN2O. The van der Waals surface area contributed by atoms with Crippen molar-refractivity contribution in [1.82, 2.24) is 4.90 Å². The SMILES string of the molecule is COc1ccc(CN(C)CC2CC(N)C2)c(Cl)c1. The van der Waals surface area contributed by atoms with Gasteiger partial charge >= 0.3 is 0 Å². The molecule has 1 aliphatic rings. The van der Waals surface area contributed by atoms with Gasteiger partial charge in [0.2, 0.25) is 0 Å². The molecule has 2 rings (SSSR count). The Morgan fingerprint density at radius 2 is 2.17 bits per heavy atom. The Labute approximate surface area is 114 Å². The first-order chi connectivity index (χ1) is 8.58. The minimum Gasteiger partial charge on any atom is -0.497 e. The normalized spacial score (nSPS) is 22.9. The van der Waals surface area contributed by atoms with Gasteiger partial charge in [-0.05, 0) is 43.5 Å². The van der Waals surface area contributed by atoms with Gasteiger partial charge in [0.1, 0.15) is 5.75 Å². The molecule has 0 bridgehead atoms. The fraction of sp³-hybridized carbons (Fsp3) is 0.571. The van der Waals surface area contributed by atoms with Gasteiger partial charge in [0.05, 0.1) is 7.11 Å². The Kier molecular flexibility index (Phi) is 4.49. The fourth-order valence-corrected chi connectivity index (χ4v) is 2.75. The van der Waals surface area contributed by atoms with Crippen molar-refractivity contribution in [3.8, 4) is 5.75 Å². The second-order valence-electron chi connectivity index (χ2n) is 5.25. The Morgan fingerprint density at radius 1 is 1.44 bits per heavy atom. The maximum Gasteiger partial charge on any atom is 0.120 e. The zero-order valence-electron chi connectivity index (χ0n) is 11.0. The van der Waals surface area contributed by atoms with E-state index in [9.17, 15) is 0 Å². The van der Waals surface area contributed by atoms with Crippen LogP contribution in [0.15, 0.2) is 18.2 Å². The van der Waals surface area contributed by atoms with Crippen molar-refractivity contribution in [3.63, 3.8) is 0 Å². The van der Waals surface area contributed by atoms with Crippen LogP contribution < -0.4 is 10.5 Å². The molecule has 1 saturated carbocycles. The molecule has 0 unspecified atom stereocenters. The van der Waals surface area contributed by atoms with Crippen LogP contribution in [-0.2, 0) is 6.54 Å². The zero-order valence-corrected chi connectivity index (χ0v) is 11.8. The standard InChI is InChI=1S/C14H21ClN2O/c1-17(8-10-5-12(16)6-10)9-11-3-4-13(18-2)7-14(11)15/h3-4,7,10,12H,5-6,8-9,16H2,1-2H3. The van der Waals surface area contributed by atoms with Crippen LogP contribution in [0, 0.1) is 5.92 Å². The Hall–Kier alpha value is -0.770. The highest BCUT2D eigenvalue weighted by Crippen LogP contribution is 2.28. The van der Waals surface area contributed by atoms with Crippen molar-refractivity contribution < 1.29 is 4.74 Å². The molecule has 0 aromatic heterocycles. The van der Waals surface area contributed by atoms with E-state index in [1.165, 1.54) is 0 Å². The number of nitrogens with two attached hydrogens (primary N) is 1.